The Hall–Kier alpha value is -2.45. The first-order valence-electron chi connectivity index (χ1n) is 19.5. The second kappa shape index (κ2) is 32.7. The average molecular weight is 693 g/mol. The molecule has 0 saturated heterocycles. The molecule has 0 spiro atoms. The number of rotatable bonds is 34. The van der Waals surface area contributed by atoms with Gasteiger partial charge in [-0.1, -0.05) is 134 Å². The Labute approximate surface area is 300 Å². The van der Waals surface area contributed by atoms with Crippen molar-refractivity contribution in [2.75, 3.05) is 41.0 Å². The zero-order valence-corrected chi connectivity index (χ0v) is 32.1. The number of carbonyl (C=O) groups is 3. The fraction of sp³-hybridized carbons (Fsp3) is 0.780. The van der Waals surface area contributed by atoms with E-state index < -0.39 is 18.1 Å². The summed E-state index contributed by atoms with van der Waals surface area (Å²) in [6.45, 7) is 4.55. The Kier molecular flexibility index (Phi) is 31.1. The van der Waals surface area contributed by atoms with Gasteiger partial charge < -0.3 is 23.8 Å². The van der Waals surface area contributed by atoms with E-state index in [4.69, 9.17) is 14.2 Å². The summed E-state index contributed by atoms with van der Waals surface area (Å²) in [6.07, 6.45) is 34.8. The summed E-state index contributed by atoms with van der Waals surface area (Å²) in [6, 6.07) is -0.620. The molecule has 49 heavy (non-hydrogen) atoms. The van der Waals surface area contributed by atoms with Crippen LogP contribution < -0.4 is 0 Å². The first-order chi connectivity index (χ1) is 23.6. The van der Waals surface area contributed by atoms with E-state index in [0.29, 0.717) is 19.3 Å². The van der Waals surface area contributed by atoms with Crippen molar-refractivity contribution >= 4 is 17.9 Å². The fourth-order valence-corrected chi connectivity index (χ4v) is 5.53. The molecule has 0 bridgehead atoms. The summed E-state index contributed by atoms with van der Waals surface area (Å²) in [5.41, 5.74) is 0. The van der Waals surface area contributed by atoms with Crippen LogP contribution in [0.2, 0.25) is 0 Å². The number of carbonyl (C=O) groups excluding carboxylic acids is 2. The normalized spacial score (nSPS) is 13.4. The van der Waals surface area contributed by atoms with E-state index in [0.717, 1.165) is 44.9 Å². The summed E-state index contributed by atoms with van der Waals surface area (Å²) in [7, 11) is 5.50. The molecule has 0 aliphatic heterocycles. The molecule has 2 unspecified atom stereocenters. The summed E-state index contributed by atoms with van der Waals surface area (Å²) >= 11 is 0. The molecule has 0 fully saturated rings. The summed E-state index contributed by atoms with van der Waals surface area (Å²) in [4.78, 5) is 36.7. The predicted octanol–water partition coefficient (Wildman–Crippen LogP) is 9.91. The maximum atomic E-state index is 12.6. The van der Waals surface area contributed by atoms with Gasteiger partial charge in [0.25, 0.3) is 0 Å². The molecule has 0 amide bonds. The van der Waals surface area contributed by atoms with Crippen molar-refractivity contribution < 1.29 is 38.2 Å². The van der Waals surface area contributed by atoms with Gasteiger partial charge in [-0.3, -0.25) is 9.59 Å². The van der Waals surface area contributed by atoms with Gasteiger partial charge in [-0.15, -0.1) is 0 Å². The lowest BCUT2D eigenvalue weighted by Crippen LogP contribution is -2.50. The molecule has 0 aromatic rings. The van der Waals surface area contributed by atoms with E-state index in [9.17, 15) is 19.5 Å². The number of esters is 2. The molecule has 0 heterocycles. The highest BCUT2D eigenvalue weighted by molar-refractivity contribution is 5.72. The van der Waals surface area contributed by atoms with Crippen molar-refractivity contribution in [3.63, 3.8) is 0 Å². The van der Waals surface area contributed by atoms with Crippen molar-refractivity contribution in [3.05, 3.63) is 36.5 Å². The number of likely N-dealkylation sites (N-methyl/N-ethyl adjacent to an activating group) is 1. The third-order valence-corrected chi connectivity index (χ3v) is 8.55. The number of unbranched alkanes of at least 4 members (excludes halogenated alkanes) is 14. The zero-order chi connectivity index (χ0) is 36.4. The van der Waals surface area contributed by atoms with Gasteiger partial charge in [-0.25, -0.2) is 4.79 Å². The lowest BCUT2D eigenvalue weighted by molar-refractivity contribution is -0.887. The molecule has 1 N–H and O–H groups in total. The van der Waals surface area contributed by atoms with Crippen LogP contribution in [0.15, 0.2) is 36.5 Å². The van der Waals surface area contributed by atoms with Crippen LogP contribution >= 0.6 is 0 Å². The lowest BCUT2D eigenvalue weighted by atomic mass is 10.0. The molecule has 8 nitrogen and oxygen atoms in total. The van der Waals surface area contributed by atoms with Gasteiger partial charge >= 0.3 is 17.9 Å². The minimum atomic E-state index is -0.884. The highest BCUT2D eigenvalue weighted by atomic mass is 16.6. The first kappa shape index (κ1) is 46.5. The van der Waals surface area contributed by atoms with Gasteiger partial charge in [0, 0.05) is 19.3 Å². The van der Waals surface area contributed by atoms with E-state index in [1.165, 1.54) is 70.6 Å². The van der Waals surface area contributed by atoms with Crippen LogP contribution in [0, 0.1) is 0 Å². The minimum absolute atomic E-state index is 0.0427. The molecular formula is C41H74NO7+. The third kappa shape index (κ3) is 31.3. The maximum absolute atomic E-state index is 12.6. The summed E-state index contributed by atoms with van der Waals surface area (Å²) < 4.78 is 17.1. The van der Waals surface area contributed by atoms with Crippen molar-refractivity contribution in [2.24, 2.45) is 0 Å². The topological polar surface area (TPSA) is 99.1 Å². The molecule has 2 atom stereocenters. The summed E-state index contributed by atoms with van der Waals surface area (Å²) in [5, 5.41) is 9.57. The molecular weight excluding hydrogens is 618 g/mol. The van der Waals surface area contributed by atoms with Crippen LogP contribution in [0.1, 0.15) is 155 Å². The van der Waals surface area contributed by atoms with E-state index in [-0.39, 0.29) is 42.7 Å². The van der Waals surface area contributed by atoms with Crippen molar-refractivity contribution in [1.82, 2.24) is 0 Å². The van der Waals surface area contributed by atoms with Crippen LogP contribution in [-0.4, -0.2) is 80.6 Å². The number of hydrogen-bond acceptors (Lipinski definition) is 6. The molecule has 0 aromatic carbocycles. The average Bonchev–Trinajstić information content (AvgIpc) is 3.05. The van der Waals surface area contributed by atoms with Gasteiger partial charge in [-0.05, 0) is 38.5 Å². The van der Waals surface area contributed by atoms with Crippen molar-refractivity contribution in [3.8, 4) is 0 Å². The number of allylic oxidation sites excluding steroid dienone is 6. The Morgan fingerprint density at radius 2 is 1.14 bits per heavy atom. The van der Waals surface area contributed by atoms with E-state index >= 15 is 0 Å². The molecule has 0 saturated carbocycles. The van der Waals surface area contributed by atoms with Gasteiger partial charge in [-0.2, -0.15) is 0 Å². The summed E-state index contributed by atoms with van der Waals surface area (Å²) in [5.74, 6) is -1.54. The second-order valence-electron chi connectivity index (χ2n) is 14.2. The highest BCUT2D eigenvalue weighted by Crippen LogP contribution is 2.14. The molecule has 284 valence electrons. The molecule has 0 aromatic heterocycles. The maximum Gasteiger partial charge on any atom is 0.362 e. The van der Waals surface area contributed by atoms with Crippen LogP contribution in [0.5, 0.6) is 0 Å². The smallest absolute Gasteiger partial charge is 0.362 e. The minimum Gasteiger partial charge on any atom is -0.477 e. The Balaban J connectivity index is 4.44. The molecule has 0 rings (SSSR count). The van der Waals surface area contributed by atoms with Crippen LogP contribution in [0.3, 0.4) is 0 Å². The quantitative estimate of drug-likeness (QED) is 0.0310. The number of hydrogen-bond donors (Lipinski definition) is 1. The number of aliphatic carboxylic acids is 1. The molecule has 8 heteroatoms. The standard InChI is InChI=1S/C41H73NO7/c1-6-8-10-12-14-16-18-19-20-22-23-25-27-29-31-39(43)48-36-37(35-47-34-33-38(41(45)46)42(3,4)5)49-40(44)32-30-28-26-24-21-17-15-13-11-9-7-2/h9,11,15,17,24,26,37-38H,6-8,10,12-14,16,18-23,25,27-36H2,1-5H3/p+1/b11-9+,17-15+,26-24+. The highest BCUT2D eigenvalue weighted by Gasteiger charge is 2.31. The SMILES string of the molecule is CC/C=C/C/C=C/C/C=C/CCCC(=O)OC(COCCC(C(=O)O)[N+](C)(C)C)COC(=O)CCCCCCCCCCCCCCCC. The third-order valence-electron chi connectivity index (χ3n) is 8.55. The van der Waals surface area contributed by atoms with E-state index in [2.05, 4.69) is 50.3 Å². The van der Waals surface area contributed by atoms with Crippen LogP contribution in [0.25, 0.3) is 0 Å². The number of quaternary nitrogens is 1. The van der Waals surface area contributed by atoms with Crippen LogP contribution in [-0.2, 0) is 28.6 Å². The monoisotopic (exact) mass is 693 g/mol. The largest absolute Gasteiger partial charge is 0.477 e. The number of carboxylic acid groups (broad SMARTS) is 1. The Morgan fingerprint density at radius 1 is 0.633 bits per heavy atom. The first-order valence-corrected chi connectivity index (χ1v) is 19.5. The molecule has 0 radical (unpaired) electrons. The zero-order valence-electron chi connectivity index (χ0n) is 32.1. The second-order valence-corrected chi connectivity index (χ2v) is 14.2. The van der Waals surface area contributed by atoms with E-state index in [1.807, 2.05) is 21.1 Å². The Morgan fingerprint density at radius 3 is 1.67 bits per heavy atom. The van der Waals surface area contributed by atoms with E-state index in [1.54, 1.807) is 0 Å². The predicted molar refractivity (Wildman–Crippen MR) is 201 cm³/mol. The van der Waals surface area contributed by atoms with Gasteiger partial charge in [0.2, 0.25) is 0 Å². The van der Waals surface area contributed by atoms with Gasteiger partial charge in [0.1, 0.15) is 6.61 Å². The van der Waals surface area contributed by atoms with Gasteiger partial charge in [0.05, 0.1) is 34.4 Å². The lowest BCUT2D eigenvalue weighted by Gasteiger charge is -2.31. The number of nitrogens with zero attached hydrogens (tertiary/aromatic N) is 1. The van der Waals surface area contributed by atoms with Gasteiger partial charge in [0.15, 0.2) is 12.1 Å². The number of ether oxygens (including phenoxy) is 3. The molecule has 0 aliphatic rings. The van der Waals surface area contributed by atoms with Crippen LogP contribution in [0.4, 0.5) is 0 Å². The van der Waals surface area contributed by atoms with Crippen molar-refractivity contribution in [2.45, 2.75) is 167 Å². The van der Waals surface area contributed by atoms with Crippen molar-refractivity contribution in [1.29, 1.82) is 0 Å². The Bertz CT molecular complexity index is 906. The molecule has 0 aliphatic carbocycles. The fourth-order valence-electron chi connectivity index (χ4n) is 5.53. The number of carboxylic acids is 1.